The highest BCUT2D eigenvalue weighted by Crippen LogP contribution is 2.52. The number of rotatable bonds is 9. The van der Waals surface area contributed by atoms with Crippen molar-refractivity contribution < 1.29 is 41.8 Å². The summed E-state index contributed by atoms with van der Waals surface area (Å²) >= 11 is 0. The number of alkyl carbamates (subject to hydrolysis) is 1. The molecule has 0 spiro atoms. The summed E-state index contributed by atoms with van der Waals surface area (Å²) in [6.45, 7) is 4.02. The molecule has 61 heavy (non-hydrogen) atoms. The van der Waals surface area contributed by atoms with Gasteiger partial charge in [-0.05, 0) is 111 Å². The highest BCUT2D eigenvalue weighted by Gasteiger charge is 2.62. The zero-order valence-corrected chi connectivity index (χ0v) is 35.7. The second-order valence-corrected chi connectivity index (χ2v) is 20.4. The van der Waals surface area contributed by atoms with E-state index in [0.717, 1.165) is 30.2 Å². The van der Waals surface area contributed by atoms with Gasteiger partial charge in [0, 0.05) is 23.3 Å². The molecule has 4 amide bonds. The third kappa shape index (κ3) is 8.67. The van der Waals surface area contributed by atoms with E-state index in [1.54, 1.807) is 7.11 Å². The lowest BCUT2D eigenvalue weighted by Crippen LogP contribution is -2.59. The molecule has 15 heteroatoms. The van der Waals surface area contributed by atoms with Crippen molar-refractivity contribution in [3.63, 3.8) is 0 Å². The SMILES string of the molecule is COc1ccc2c(O[C@@H]3C[C@H]4C(=O)N[C@]5(C(=O)NS(=O)(=O)C6CC6)C[C@H]5/C=C\CC[C@@H](C)C[C@@H](C)[C@H](NC(=O)OC5C[C@@H]6C[C@@H]6C5)C(=O)N4C3)nc(-c3ccccc3)cc2c1. The van der Waals surface area contributed by atoms with Crippen LogP contribution in [-0.4, -0.2) is 90.9 Å². The summed E-state index contributed by atoms with van der Waals surface area (Å²) in [7, 11) is -2.32. The van der Waals surface area contributed by atoms with Gasteiger partial charge in [-0.3, -0.25) is 19.1 Å². The molecule has 2 aliphatic heterocycles. The molecule has 324 valence electrons. The number of benzene rings is 2. The number of nitrogens with zero attached hydrogens (tertiary/aromatic N) is 2. The van der Waals surface area contributed by atoms with Crippen molar-refractivity contribution in [2.24, 2.45) is 29.6 Å². The summed E-state index contributed by atoms with van der Waals surface area (Å²) in [4.78, 5) is 63.7. The Morgan fingerprint density at radius 3 is 2.44 bits per heavy atom. The fraction of sp³-hybridized carbons (Fsp3) is 0.543. The largest absolute Gasteiger partial charge is 0.497 e. The Bertz CT molecular complexity index is 2340. The number of hydrogen-bond donors (Lipinski definition) is 3. The van der Waals surface area contributed by atoms with Crippen molar-refractivity contribution in [3.05, 3.63) is 66.7 Å². The van der Waals surface area contributed by atoms with Crippen molar-refractivity contribution in [1.82, 2.24) is 25.2 Å². The quantitative estimate of drug-likeness (QED) is 0.228. The van der Waals surface area contributed by atoms with E-state index in [-0.39, 0.29) is 37.3 Å². The maximum Gasteiger partial charge on any atom is 0.408 e. The first kappa shape index (κ1) is 41.2. The molecular formula is C46H55N5O9S. The van der Waals surface area contributed by atoms with Gasteiger partial charge < -0.3 is 29.7 Å². The minimum absolute atomic E-state index is 0.0219. The topological polar surface area (TPSA) is 182 Å². The molecule has 4 aliphatic carbocycles. The maximum atomic E-state index is 15.1. The van der Waals surface area contributed by atoms with Crippen LogP contribution >= 0.6 is 0 Å². The lowest BCUT2D eigenvalue weighted by Gasteiger charge is -2.33. The summed E-state index contributed by atoms with van der Waals surface area (Å²) in [5, 5.41) is 6.76. The van der Waals surface area contributed by atoms with E-state index in [2.05, 4.69) is 22.3 Å². The standard InChI is InChI=1S/C46H55N5O9S/c1-26-9-7-8-12-32-24-46(32,44(54)50-61(56,57)36-14-15-36)49-41(52)39-23-35(25-51(39)43(53)40(27(2)17-26)48-45(55)60-34-19-29-18-30(29)20-34)59-42-37-16-13-33(58-3)21-31(37)22-38(47-42)28-10-5-4-6-11-28/h4-6,8,10-13,16,21-22,26-27,29-30,32,34-36,39-40H,7,9,14-15,17-20,23-25H2,1-3H3,(H,48,55)(H,49,52)(H,50,54)/b12-8-/t26-,27-,29-,30+,32-,34?,35-,39+,40+,46-/m1/s1. The predicted molar refractivity (Wildman–Crippen MR) is 227 cm³/mol. The molecule has 3 N–H and O–H groups in total. The van der Waals surface area contributed by atoms with Gasteiger partial charge in [-0.15, -0.1) is 0 Å². The number of sulfonamides is 1. The van der Waals surface area contributed by atoms with E-state index >= 15 is 4.79 Å². The van der Waals surface area contributed by atoms with Crippen molar-refractivity contribution in [2.45, 2.75) is 113 Å². The Morgan fingerprint density at radius 2 is 1.70 bits per heavy atom. The molecule has 3 aromatic rings. The number of fused-ring (bicyclic) bond motifs is 4. The Labute approximate surface area is 356 Å². The number of nitrogens with one attached hydrogen (secondary N) is 3. The maximum absolute atomic E-state index is 15.1. The Kier molecular flexibility index (Phi) is 11.0. The van der Waals surface area contributed by atoms with Crippen LogP contribution in [0.15, 0.2) is 66.7 Å². The number of carbonyl (C=O) groups excluding carboxylic acids is 4. The zero-order valence-electron chi connectivity index (χ0n) is 34.9. The second kappa shape index (κ2) is 16.3. The Hall–Kier alpha value is -5.18. The van der Waals surface area contributed by atoms with Gasteiger partial charge in [0.1, 0.15) is 35.6 Å². The summed E-state index contributed by atoms with van der Waals surface area (Å²) < 4.78 is 46.4. The van der Waals surface area contributed by atoms with Crippen molar-refractivity contribution >= 4 is 44.6 Å². The van der Waals surface area contributed by atoms with Crippen LogP contribution < -0.4 is 24.8 Å². The number of methoxy groups -OCH3 is 1. The van der Waals surface area contributed by atoms with Crippen LogP contribution in [0.1, 0.15) is 78.1 Å². The van der Waals surface area contributed by atoms with Crippen molar-refractivity contribution in [2.75, 3.05) is 13.7 Å². The normalized spacial score (nSPS) is 32.8. The highest BCUT2D eigenvalue weighted by molar-refractivity contribution is 7.91. The van der Waals surface area contributed by atoms with E-state index in [1.807, 2.05) is 73.7 Å². The molecule has 14 nitrogen and oxygen atoms in total. The highest BCUT2D eigenvalue weighted by atomic mass is 32.2. The van der Waals surface area contributed by atoms with Crippen molar-refractivity contribution in [1.29, 1.82) is 0 Å². The van der Waals surface area contributed by atoms with Crippen LogP contribution in [0.4, 0.5) is 4.79 Å². The molecule has 10 atom stereocenters. The van der Waals surface area contributed by atoms with E-state index in [0.29, 0.717) is 60.2 Å². The molecule has 3 heterocycles. The Balaban J connectivity index is 1.05. The minimum Gasteiger partial charge on any atom is -0.497 e. The van der Waals surface area contributed by atoms with Gasteiger partial charge in [0.15, 0.2) is 0 Å². The average molecular weight is 854 g/mol. The average Bonchev–Trinajstić information content (AvgIpc) is 4.20. The van der Waals surface area contributed by atoms with Gasteiger partial charge in [0.05, 0.1) is 24.6 Å². The first-order chi connectivity index (χ1) is 29.3. The van der Waals surface area contributed by atoms with E-state index in [4.69, 9.17) is 19.2 Å². The summed E-state index contributed by atoms with van der Waals surface area (Å²) in [5.41, 5.74) is 0.00180. The molecule has 1 aromatic heterocycles. The number of hydrogen-bond acceptors (Lipinski definition) is 10. The number of carbonyl (C=O) groups is 4. The van der Waals surface area contributed by atoms with Gasteiger partial charge in [-0.1, -0.05) is 56.3 Å². The molecule has 9 rings (SSSR count). The molecule has 0 bridgehead atoms. The molecule has 0 radical (unpaired) electrons. The molecule has 4 saturated carbocycles. The van der Waals surface area contributed by atoms with Crippen LogP contribution in [0.2, 0.25) is 0 Å². The van der Waals surface area contributed by atoms with Crippen molar-refractivity contribution in [3.8, 4) is 22.9 Å². The molecule has 1 unspecified atom stereocenters. The number of pyridine rings is 1. The molecule has 6 aliphatic rings. The Morgan fingerprint density at radius 1 is 0.934 bits per heavy atom. The van der Waals surface area contributed by atoms with Gasteiger partial charge in [0.2, 0.25) is 27.7 Å². The lowest BCUT2D eigenvalue weighted by molar-refractivity contribution is -0.142. The van der Waals surface area contributed by atoms with Gasteiger partial charge >= 0.3 is 6.09 Å². The number of amides is 4. The fourth-order valence-electron chi connectivity index (χ4n) is 9.90. The zero-order chi connectivity index (χ0) is 42.6. The third-order valence-corrected chi connectivity index (χ3v) is 15.5. The van der Waals surface area contributed by atoms with Crippen LogP contribution in [0.3, 0.4) is 0 Å². The fourth-order valence-corrected chi connectivity index (χ4v) is 11.3. The predicted octanol–water partition coefficient (Wildman–Crippen LogP) is 5.65. The molecule has 5 fully saturated rings. The van der Waals surface area contributed by atoms with E-state index in [1.165, 1.54) is 11.3 Å². The summed E-state index contributed by atoms with van der Waals surface area (Å²) in [5.74, 6) is -0.316. The minimum atomic E-state index is -3.91. The first-order valence-corrected chi connectivity index (χ1v) is 23.4. The van der Waals surface area contributed by atoms with Crippen LogP contribution in [0.5, 0.6) is 11.6 Å². The van der Waals surface area contributed by atoms with Crippen LogP contribution in [-0.2, 0) is 29.1 Å². The molecular weight excluding hydrogens is 799 g/mol. The number of allylic oxidation sites excluding steroid dienone is 1. The molecule has 1 saturated heterocycles. The number of aromatic nitrogens is 1. The molecule has 2 aromatic carbocycles. The van der Waals surface area contributed by atoms with Gasteiger partial charge in [-0.2, -0.15) is 0 Å². The third-order valence-electron chi connectivity index (χ3n) is 13.7. The van der Waals surface area contributed by atoms with Gasteiger partial charge in [0.25, 0.3) is 5.91 Å². The first-order valence-electron chi connectivity index (χ1n) is 21.8. The second-order valence-electron chi connectivity index (χ2n) is 18.4. The summed E-state index contributed by atoms with van der Waals surface area (Å²) in [6, 6.07) is 15.0. The summed E-state index contributed by atoms with van der Waals surface area (Å²) in [6.07, 6.45) is 8.37. The monoisotopic (exact) mass is 853 g/mol. The van der Waals surface area contributed by atoms with Crippen LogP contribution in [0, 0.1) is 29.6 Å². The van der Waals surface area contributed by atoms with E-state index in [9.17, 15) is 22.8 Å². The van der Waals surface area contributed by atoms with E-state index < -0.39 is 68.7 Å². The lowest BCUT2D eigenvalue weighted by atomic mass is 9.88. The van der Waals surface area contributed by atoms with Crippen LogP contribution in [0.25, 0.3) is 22.0 Å². The van der Waals surface area contributed by atoms with Gasteiger partial charge in [-0.25, -0.2) is 18.2 Å². The smallest absolute Gasteiger partial charge is 0.408 e. The number of ether oxygens (including phenoxy) is 3.